The number of rotatable bonds is 6. The molecule has 0 saturated carbocycles. The number of carbonyl (C=O) groups is 1. The van der Waals surface area contributed by atoms with Gasteiger partial charge in [0, 0.05) is 21.2 Å². The van der Waals surface area contributed by atoms with Gasteiger partial charge in [-0.2, -0.15) is 0 Å². The van der Waals surface area contributed by atoms with E-state index in [1.807, 2.05) is 43.3 Å². The maximum Gasteiger partial charge on any atom is 0.360 e. The molecule has 6 nitrogen and oxygen atoms in total. The highest BCUT2D eigenvalue weighted by molar-refractivity contribution is 9.10. The zero-order valence-electron chi connectivity index (χ0n) is 16.7. The zero-order chi connectivity index (χ0) is 21.2. The molecule has 2 aromatic rings. The van der Waals surface area contributed by atoms with Gasteiger partial charge in [0.15, 0.2) is 5.71 Å². The van der Waals surface area contributed by atoms with Crippen molar-refractivity contribution in [1.82, 2.24) is 0 Å². The Morgan fingerprint density at radius 3 is 2.59 bits per heavy atom. The van der Waals surface area contributed by atoms with Gasteiger partial charge in [-0.15, -0.1) is 0 Å². The summed E-state index contributed by atoms with van der Waals surface area (Å²) < 4.78 is 5.76. The molecule has 2 aromatic carbocycles. The molecule has 0 radical (unpaired) electrons. The van der Waals surface area contributed by atoms with Crippen LogP contribution in [0.2, 0.25) is 0 Å². The van der Waals surface area contributed by atoms with Crippen molar-refractivity contribution in [3.05, 3.63) is 69.2 Å². The van der Waals surface area contributed by atoms with E-state index in [2.05, 4.69) is 38.1 Å². The van der Waals surface area contributed by atoms with Crippen LogP contribution >= 0.6 is 15.9 Å². The molecule has 7 heteroatoms. The van der Waals surface area contributed by atoms with Crippen molar-refractivity contribution in [3.63, 3.8) is 0 Å². The minimum Gasteiger partial charge on any atom is -0.464 e. The number of nitrogens with zero attached hydrogens (tertiary/aromatic N) is 2. The van der Waals surface area contributed by atoms with E-state index in [4.69, 9.17) is 14.4 Å². The largest absolute Gasteiger partial charge is 0.464 e. The van der Waals surface area contributed by atoms with Crippen LogP contribution in [0.1, 0.15) is 29.2 Å². The van der Waals surface area contributed by atoms with Gasteiger partial charge in [0.25, 0.3) is 0 Å². The molecule has 2 rings (SSSR count). The second kappa shape index (κ2) is 11.0. The average Bonchev–Trinajstić information content (AvgIpc) is 2.71. The number of benzene rings is 2. The first-order valence-corrected chi connectivity index (χ1v) is 9.48. The topological polar surface area (TPSA) is 69.5 Å². The predicted molar refractivity (Wildman–Crippen MR) is 116 cm³/mol. The van der Waals surface area contributed by atoms with Gasteiger partial charge in [-0.25, -0.2) is 4.79 Å². The van der Waals surface area contributed by atoms with Crippen molar-refractivity contribution in [3.8, 4) is 11.8 Å². The lowest BCUT2D eigenvalue weighted by atomic mass is 9.99. The van der Waals surface area contributed by atoms with Crippen LogP contribution in [0.5, 0.6) is 0 Å². The van der Waals surface area contributed by atoms with Gasteiger partial charge < -0.3 is 14.4 Å². The van der Waals surface area contributed by atoms with Gasteiger partial charge in [0.2, 0.25) is 0 Å². The van der Waals surface area contributed by atoms with Crippen LogP contribution in [0.4, 0.5) is 0 Å². The molecule has 0 aliphatic heterocycles. The lowest BCUT2D eigenvalue weighted by molar-refractivity contribution is -0.132. The number of carbonyl (C=O) groups excluding carboxylic acids is 1. The molecule has 0 atom stereocenters. The highest BCUT2D eigenvalue weighted by Gasteiger charge is 2.20. The first kappa shape index (κ1) is 22.2. The zero-order valence-corrected chi connectivity index (χ0v) is 18.2. The Kier molecular flexibility index (Phi) is 8.44. The summed E-state index contributed by atoms with van der Waals surface area (Å²) in [6, 6.07) is 13.2. The van der Waals surface area contributed by atoms with Gasteiger partial charge in [0.1, 0.15) is 19.4 Å². The maximum atomic E-state index is 12.1. The van der Waals surface area contributed by atoms with Crippen molar-refractivity contribution in [2.45, 2.75) is 20.5 Å². The summed E-state index contributed by atoms with van der Waals surface area (Å²) in [5, 5.41) is 7.86. The number of esters is 1. The van der Waals surface area contributed by atoms with E-state index in [-0.39, 0.29) is 12.3 Å². The molecule has 0 aliphatic carbocycles. The fraction of sp³-hybridized carbons (Fsp3) is 0.227. The number of hydrogen-bond acceptors (Lipinski definition) is 6. The summed E-state index contributed by atoms with van der Waals surface area (Å²) >= 11 is 3.41. The van der Waals surface area contributed by atoms with E-state index in [9.17, 15) is 4.79 Å². The van der Waals surface area contributed by atoms with Gasteiger partial charge in [-0.3, -0.25) is 0 Å². The SMILES string of the molecule is CO/N=C(/C(=O)OC)c1cccc(C)c1CO/N=C(\C)C#Cc1cccc(Br)c1. The minimum atomic E-state index is -0.599. The quantitative estimate of drug-likeness (QED) is 0.282. The molecule has 0 N–H and O–H groups in total. The maximum absolute atomic E-state index is 12.1. The third-order valence-electron chi connectivity index (χ3n) is 3.85. The van der Waals surface area contributed by atoms with Crippen LogP contribution in [-0.2, 0) is 25.8 Å². The van der Waals surface area contributed by atoms with Crippen LogP contribution in [0, 0.1) is 18.8 Å². The average molecular weight is 457 g/mol. The summed E-state index contributed by atoms with van der Waals surface area (Å²) in [7, 11) is 2.66. The Morgan fingerprint density at radius 2 is 1.90 bits per heavy atom. The molecule has 0 spiro atoms. The fourth-order valence-corrected chi connectivity index (χ4v) is 2.84. The van der Waals surface area contributed by atoms with Crippen molar-refractivity contribution in [1.29, 1.82) is 0 Å². The van der Waals surface area contributed by atoms with Gasteiger partial charge >= 0.3 is 5.97 Å². The Hall–Kier alpha value is -3.11. The number of hydrogen-bond donors (Lipinski definition) is 0. The van der Waals surface area contributed by atoms with Crippen LogP contribution in [0.15, 0.2) is 57.2 Å². The summed E-state index contributed by atoms with van der Waals surface area (Å²) in [6.07, 6.45) is 0. The Labute approximate surface area is 178 Å². The predicted octanol–water partition coefficient (Wildman–Crippen LogP) is 4.23. The van der Waals surface area contributed by atoms with Crippen LogP contribution < -0.4 is 0 Å². The standard InChI is InChI=1S/C22H21BrN2O4/c1-15-7-5-10-19(21(25-28-4)22(26)27-3)20(15)14-29-24-16(2)11-12-17-8-6-9-18(23)13-17/h5-10,13H,14H2,1-4H3/b24-16+,25-21+. The monoisotopic (exact) mass is 456 g/mol. The molecule has 150 valence electrons. The Bertz CT molecular complexity index is 1000. The molecule has 0 fully saturated rings. The second-order valence-corrected chi connectivity index (χ2v) is 6.84. The number of ether oxygens (including phenoxy) is 1. The lowest BCUT2D eigenvalue weighted by Gasteiger charge is -2.12. The van der Waals surface area contributed by atoms with E-state index >= 15 is 0 Å². The van der Waals surface area contributed by atoms with E-state index in [0.717, 1.165) is 21.2 Å². The van der Waals surface area contributed by atoms with E-state index < -0.39 is 5.97 Å². The van der Waals surface area contributed by atoms with E-state index in [1.54, 1.807) is 13.0 Å². The van der Waals surface area contributed by atoms with E-state index in [0.29, 0.717) is 11.3 Å². The summed E-state index contributed by atoms with van der Waals surface area (Å²) in [5.74, 6) is 5.38. The number of methoxy groups -OCH3 is 1. The summed E-state index contributed by atoms with van der Waals surface area (Å²) in [4.78, 5) is 22.4. The minimum absolute atomic E-state index is 0.0625. The molecular formula is C22H21BrN2O4. The third-order valence-corrected chi connectivity index (χ3v) is 4.34. The van der Waals surface area contributed by atoms with Gasteiger partial charge in [0.05, 0.1) is 7.11 Å². The molecular weight excluding hydrogens is 436 g/mol. The normalized spacial score (nSPS) is 11.3. The Balaban J connectivity index is 2.19. The molecule has 0 unspecified atom stereocenters. The van der Waals surface area contributed by atoms with Crippen molar-refractivity contribution in [2.75, 3.05) is 14.2 Å². The van der Waals surface area contributed by atoms with Crippen molar-refractivity contribution < 1.29 is 19.2 Å². The fourth-order valence-electron chi connectivity index (χ4n) is 2.45. The first-order valence-electron chi connectivity index (χ1n) is 8.68. The van der Waals surface area contributed by atoms with Crippen LogP contribution in [0.25, 0.3) is 0 Å². The number of halogens is 1. The van der Waals surface area contributed by atoms with E-state index in [1.165, 1.54) is 14.2 Å². The van der Waals surface area contributed by atoms with Gasteiger partial charge in [-0.1, -0.05) is 56.4 Å². The molecule has 0 amide bonds. The molecule has 0 saturated heterocycles. The number of aryl methyl sites for hydroxylation is 1. The van der Waals surface area contributed by atoms with Crippen molar-refractivity contribution in [2.24, 2.45) is 10.3 Å². The lowest BCUT2D eigenvalue weighted by Crippen LogP contribution is -2.20. The van der Waals surface area contributed by atoms with Crippen LogP contribution in [-0.4, -0.2) is 31.6 Å². The first-order chi connectivity index (χ1) is 14.0. The number of oxime groups is 2. The molecule has 0 aromatic heterocycles. The highest BCUT2D eigenvalue weighted by Crippen LogP contribution is 2.18. The summed E-state index contributed by atoms with van der Waals surface area (Å²) in [5.41, 5.74) is 3.69. The highest BCUT2D eigenvalue weighted by atomic mass is 79.9. The molecule has 0 heterocycles. The van der Waals surface area contributed by atoms with Gasteiger partial charge in [-0.05, 0) is 43.5 Å². The van der Waals surface area contributed by atoms with Crippen molar-refractivity contribution >= 4 is 33.3 Å². The molecule has 29 heavy (non-hydrogen) atoms. The Morgan fingerprint density at radius 1 is 1.14 bits per heavy atom. The molecule has 0 bridgehead atoms. The smallest absolute Gasteiger partial charge is 0.360 e. The van der Waals surface area contributed by atoms with Crippen LogP contribution in [0.3, 0.4) is 0 Å². The molecule has 0 aliphatic rings. The third kappa shape index (κ3) is 6.47. The second-order valence-electron chi connectivity index (χ2n) is 5.93. The summed E-state index contributed by atoms with van der Waals surface area (Å²) in [6.45, 7) is 3.81.